The highest BCUT2D eigenvalue weighted by Crippen LogP contribution is 2.41. The summed E-state index contributed by atoms with van der Waals surface area (Å²) < 4.78 is 11.5. The third-order valence-electron chi connectivity index (χ3n) is 5.55. The quantitative estimate of drug-likeness (QED) is 0.929. The van der Waals surface area contributed by atoms with Crippen molar-refractivity contribution in [1.29, 1.82) is 0 Å². The number of hydrogen-bond donors (Lipinski definition) is 1. The van der Waals surface area contributed by atoms with E-state index in [2.05, 4.69) is 28.4 Å². The molecule has 0 amide bonds. The van der Waals surface area contributed by atoms with E-state index in [0.29, 0.717) is 19.3 Å². The van der Waals surface area contributed by atoms with Crippen molar-refractivity contribution < 1.29 is 9.47 Å². The van der Waals surface area contributed by atoms with Crippen LogP contribution in [0.4, 0.5) is 0 Å². The fourth-order valence-electron chi connectivity index (χ4n) is 4.44. The van der Waals surface area contributed by atoms with Gasteiger partial charge in [0.2, 0.25) is 0 Å². The molecule has 4 nitrogen and oxygen atoms in total. The van der Waals surface area contributed by atoms with Crippen LogP contribution in [0.5, 0.6) is 11.5 Å². The summed E-state index contributed by atoms with van der Waals surface area (Å²) in [6.45, 7) is 5.83. The summed E-state index contributed by atoms with van der Waals surface area (Å²) in [5, 5.41) is 3.49. The van der Waals surface area contributed by atoms with Gasteiger partial charge in [-0.3, -0.25) is 4.90 Å². The Bertz CT molecular complexity index is 504. The zero-order chi connectivity index (χ0) is 15.5. The second-order valence-electron chi connectivity index (χ2n) is 7.03. The molecule has 3 aliphatic rings. The molecule has 1 aromatic carbocycles. The first kappa shape index (κ1) is 15.3. The second kappa shape index (κ2) is 7.10. The Morgan fingerprint density at radius 3 is 2.48 bits per heavy atom. The van der Waals surface area contributed by atoms with E-state index in [9.17, 15) is 0 Å². The van der Waals surface area contributed by atoms with E-state index in [1.807, 2.05) is 0 Å². The maximum absolute atomic E-state index is 5.83. The number of fused-ring (bicyclic) bond motifs is 1. The van der Waals surface area contributed by atoms with Gasteiger partial charge >= 0.3 is 0 Å². The van der Waals surface area contributed by atoms with Crippen molar-refractivity contribution in [1.82, 2.24) is 10.2 Å². The van der Waals surface area contributed by atoms with Crippen LogP contribution in [0.1, 0.15) is 43.7 Å². The molecule has 2 fully saturated rings. The van der Waals surface area contributed by atoms with Crippen LogP contribution in [0.25, 0.3) is 0 Å². The van der Waals surface area contributed by atoms with Crippen molar-refractivity contribution in [3.8, 4) is 11.5 Å². The van der Waals surface area contributed by atoms with Gasteiger partial charge in [0.15, 0.2) is 11.5 Å². The number of benzene rings is 1. The molecule has 2 heterocycles. The lowest BCUT2D eigenvalue weighted by Gasteiger charge is -2.41. The Morgan fingerprint density at radius 1 is 0.957 bits per heavy atom. The van der Waals surface area contributed by atoms with Gasteiger partial charge in [-0.15, -0.1) is 0 Å². The highest BCUT2D eigenvalue weighted by molar-refractivity contribution is 5.45. The predicted molar refractivity (Wildman–Crippen MR) is 91.2 cm³/mol. The smallest absolute Gasteiger partial charge is 0.161 e. The van der Waals surface area contributed by atoms with Crippen molar-refractivity contribution in [2.24, 2.45) is 5.92 Å². The van der Waals surface area contributed by atoms with E-state index >= 15 is 0 Å². The van der Waals surface area contributed by atoms with Gasteiger partial charge in [-0.25, -0.2) is 0 Å². The first-order valence-electron chi connectivity index (χ1n) is 9.26. The Kier molecular flexibility index (Phi) is 4.72. The monoisotopic (exact) mass is 316 g/mol. The van der Waals surface area contributed by atoms with Crippen LogP contribution >= 0.6 is 0 Å². The minimum absolute atomic E-state index is 0.535. The summed E-state index contributed by atoms with van der Waals surface area (Å²) >= 11 is 0. The Balaban J connectivity index is 1.63. The molecule has 0 radical (unpaired) electrons. The van der Waals surface area contributed by atoms with E-state index in [0.717, 1.165) is 43.6 Å². The normalized spacial score (nSPS) is 24.3. The topological polar surface area (TPSA) is 33.7 Å². The van der Waals surface area contributed by atoms with E-state index in [-0.39, 0.29) is 0 Å². The van der Waals surface area contributed by atoms with E-state index in [1.165, 1.54) is 37.7 Å². The van der Waals surface area contributed by atoms with Crippen LogP contribution in [0, 0.1) is 5.92 Å². The van der Waals surface area contributed by atoms with Crippen molar-refractivity contribution in [3.63, 3.8) is 0 Å². The molecule has 0 unspecified atom stereocenters. The molecular weight excluding hydrogens is 288 g/mol. The lowest BCUT2D eigenvalue weighted by molar-refractivity contribution is 0.102. The summed E-state index contributed by atoms with van der Waals surface area (Å²) in [4.78, 5) is 2.69. The molecule has 2 aliphatic heterocycles. The average molecular weight is 316 g/mol. The van der Waals surface area contributed by atoms with Crippen LogP contribution in [-0.2, 0) is 0 Å². The molecule has 0 spiro atoms. The third kappa shape index (κ3) is 3.33. The molecular formula is C19H28N2O2. The largest absolute Gasteiger partial charge is 0.486 e. The summed E-state index contributed by atoms with van der Waals surface area (Å²) in [6, 6.07) is 7.17. The third-order valence-corrected chi connectivity index (χ3v) is 5.55. The number of ether oxygens (including phenoxy) is 2. The number of nitrogens with zero attached hydrogens (tertiary/aromatic N) is 1. The van der Waals surface area contributed by atoms with Crippen molar-refractivity contribution in [3.05, 3.63) is 23.8 Å². The lowest BCUT2D eigenvalue weighted by atomic mass is 9.80. The molecule has 1 N–H and O–H groups in total. The molecule has 1 atom stereocenters. The molecule has 0 bridgehead atoms. The van der Waals surface area contributed by atoms with Crippen LogP contribution in [0.3, 0.4) is 0 Å². The number of nitrogens with one attached hydrogen (secondary N) is 1. The van der Waals surface area contributed by atoms with Crippen molar-refractivity contribution in [2.45, 2.75) is 38.1 Å². The van der Waals surface area contributed by atoms with E-state index < -0.39 is 0 Å². The van der Waals surface area contributed by atoms with Gasteiger partial charge in [-0.05, 0) is 36.5 Å². The molecule has 1 aromatic rings. The van der Waals surface area contributed by atoms with E-state index in [4.69, 9.17) is 9.47 Å². The van der Waals surface area contributed by atoms with Gasteiger partial charge in [-0.2, -0.15) is 0 Å². The predicted octanol–water partition coefficient (Wildman–Crippen LogP) is 2.98. The van der Waals surface area contributed by atoms with Gasteiger partial charge in [0.25, 0.3) is 0 Å². The zero-order valence-corrected chi connectivity index (χ0v) is 13.9. The molecule has 4 rings (SSSR count). The Hall–Kier alpha value is -1.26. The Labute approximate surface area is 139 Å². The second-order valence-corrected chi connectivity index (χ2v) is 7.03. The molecule has 23 heavy (non-hydrogen) atoms. The van der Waals surface area contributed by atoms with Crippen LogP contribution in [0.15, 0.2) is 18.2 Å². The van der Waals surface area contributed by atoms with Gasteiger partial charge in [0.05, 0.1) is 0 Å². The van der Waals surface area contributed by atoms with E-state index in [1.54, 1.807) is 0 Å². The van der Waals surface area contributed by atoms with Crippen molar-refractivity contribution in [2.75, 3.05) is 39.4 Å². The standard InChI is InChI=1S/C19H28N2O2/c1-2-4-15(5-3-1)19(21-10-8-20-9-11-21)16-6-7-17-18(14-16)23-13-12-22-17/h6-7,14-15,19-20H,1-5,8-13H2/t19-/m0/s1. The lowest BCUT2D eigenvalue weighted by Crippen LogP contribution is -2.47. The van der Waals surface area contributed by atoms with Crippen molar-refractivity contribution >= 4 is 0 Å². The Morgan fingerprint density at radius 2 is 1.70 bits per heavy atom. The molecule has 4 heteroatoms. The molecule has 1 aliphatic carbocycles. The fraction of sp³-hybridized carbons (Fsp3) is 0.684. The summed E-state index contributed by atoms with van der Waals surface area (Å²) in [6.07, 6.45) is 6.91. The first-order valence-corrected chi connectivity index (χ1v) is 9.26. The SMILES string of the molecule is c1cc2c(cc1[C@H](C1CCCCC1)N1CCNCC1)OCCO2. The highest BCUT2D eigenvalue weighted by atomic mass is 16.6. The molecule has 1 saturated heterocycles. The van der Waals surface area contributed by atoms with Gasteiger partial charge < -0.3 is 14.8 Å². The molecule has 126 valence electrons. The highest BCUT2D eigenvalue weighted by Gasteiger charge is 2.31. The number of hydrogen-bond acceptors (Lipinski definition) is 4. The van der Waals surface area contributed by atoms with Gasteiger partial charge in [0.1, 0.15) is 13.2 Å². The maximum atomic E-state index is 5.83. The van der Waals surface area contributed by atoms with Crippen LogP contribution in [-0.4, -0.2) is 44.3 Å². The minimum Gasteiger partial charge on any atom is -0.486 e. The van der Waals surface area contributed by atoms with Gasteiger partial charge in [0, 0.05) is 32.2 Å². The number of rotatable bonds is 3. The first-order chi connectivity index (χ1) is 11.4. The van der Waals surface area contributed by atoms with Crippen LogP contribution < -0.4 is 14.8 Å². The average Bonchev–Trinajstić information content (AvgIpc) is 2.64. The summed E-state index contributed by atoms with van der Waals surface area (Å²) in [7, 11) is 0. The molecule has 1 saturated carbocycles. The maximum Gasteiger partial charge on any atom is 0.161 e. The minimum atomic E-state index is 0.535. The van der Waals surface area contributed by atoms with Gasteiger partial charge in [-0.1, -0.05) is 25.3 Å². The molecule has 0 aromatic heterocycles. The fourth-order valence-corrected chi connectivity index (χ4v) is 4.44. The zero-order valence-electron chi connectivity index (χ0n) is 13.9. The summed E-state index contributed by atoms with van der Waals surface area (Å²) in [5.74, 6) is 2.62. The number of piperazine rings is 1. The summed E-state index contributed by atoms with van der Waals surface area (Å²) in [5.41, 5.74) is 1.42. The van der Waals surface area contributed by atoms with Crippen LogP contribution in [0.2, 0.25) is 0 Å².